The second kappa shape index (κ2) is 3.81. The van der Waals surface area contributed by atoms with Gasteiger partial charge in [0.05, 0.1) is 11.0 Å². The van der Waals surface area contributed by atoms with E-state index in [0.717, 1.165) is 0 Å². The summed E-state index contributed by atoms with van der Waals surface area (Å²) >= 11 is 0. The van der Waals surface area contributed by atoms with Crippen LogP contribution in [-0.2, 0) is 13.0 Å². The Labute approximate surface area is 90.7 Å². The summed E-state index contributed by atoms with van der Waals surface area (Å²) in [6, 6.07) is 6.87. The number of fused-ring (bicyclic) bond motifs is 1. The van der Waals surface area contributed by atoms with Gasteiger partial charge in [0.15, 0.2) is 0 Å². The fourth-order valence-corrected chi connectivity index (χ4v) is 1.75. The van der Waals surface area contributed by atoms with E-state index >= 15 is 0 Å². The van der Waals surface area contributed by atoms with Crippen LogP contribution in [0.15, 0.2) is 24.3 Å². The summed E-state index contributed by atoms with van der Waals surface area (Å²) in [6.45, 7) is 0.824. The lowest BCUT2D eigenvalue weighted by molar-refractivity contribution is -0.140. The molecule has 0 saturated carbocycles. The van der Waals surface area contributed by atoms with Gasteiger partial charge in [-0.25, -0.2) is 4.98 Å². The van der Waals surface area contributed by atoms with Crippen LogP contribution in [0.4, 0.5) is 13.2 Å². The van der Waals surface area contributed by atoms with Gasteiger partial charge in [0.1, 0.15) is 12.4 Å². The highest BCUT2D eigenvalue weighted by atomic mass is 19.4. The molecule has 0 atom stereocenters. The molecule has 86 valence electrons. The van der Waals surface area contributed by atoms with Gasteiger partial charge in [-0.1, -0.05) is 19.1 Å². The monoisotopic (exact) mass is 228 g/mol. The number of aryl methyl sites for hydroxylation is 1. The first-order valence-corrected chi connectivity index (χ1v) is 5.02. The highest BCUT2D eigenvalue weighted by molar-refractivity contribution is 5.75. The maximum atomic E-state index is 12.4. The fraction of sp³-hybridized carbons (Fsp3) is 0.364. The minimum Gasteiger partial charge on any atom is -0.319 e. The molecule has 1 aromatic carbocycles. The van der Waals surface area contributed by atoms with E-state index in [4.69, 9.17) is 0 Å². The fourth-order valence-electron chi connectivity index (χ4n) is 1.75. The third-order valence-electron chi connectivity index (χ3n) is 2.39. The van der Waals surface area contributed by atoms with Crippen molar-refractivity contribution in [1.29, 1.82) is 0 Å². The zero-order valence-electron chi connectivity index (χ0n) is 8.75. The van der Waals surface area contributed by atoms with Crippen molar-refractivity contribution in [2.75, 3.05) is 0 Å². The lowest BCUT2D eigenvalue weighted by atomic mass is 10.3. The van der Waals surface area contributed by atoms with Crippen LogP contribution in [0.2, 0.25) is 0 Å². The van der Waals surface area contributed by atoms with E-state index in [1.807, 2.05) is 0 Å². The van der Waals surface area contributed by atoms with Gasteiger partial charge in [-0.15, -0.1) is 0 Å². The van der Waals surface area contributed by atoms with Crippen molar-refractivity contribution in [3.05, 3.63) is 30.1 Å². The molecule has 16 heavy (non-hydrogen) atoms. The first kappa shape index (κ1) is 11.0. The number of rotatable bonds is 2. The smallest absolute Gasteiger partial charge is 0.319 e. The number of hydrogen-bond acceptors (Lipinski definition) is 1. The standard InChI is InChI=1S/C11H11F3N2/c1-2-10-15-8-5-3-4-6-9(8)16(10)7-11(12,13)14/h3-6H,2,7H2,1H3. The predicted molar refractivity (Wildman–Crippen MR) is 55.2 cm³/mol. The van der Waals surface area contributed by atoms with Crippen LogP contribution in [0.5, 0.6) is 0 Å². The summed E-state index contributed by atoms with van der Waals surface area (Å²) in [5.74, 6) is 0.471. The van der Waals surface area contributed by atoms with Crippen molar-refractivity contribution in [1.82, 2.24) is 9.55 Å². The first-order valence-electron chi connectivity index (χ1n) is 5.02. The topological polar surface area (TPSA) is 17.8 Å². The van der Waals surface area contributed by atoms with Crippen LogP contribution >= 0.6 is 0 Å². The summed E-state index contributed by atoms with van der Waals surface area (Å²) in [5.41, 5.74) is 1.15. The van der Waals surface area contributed by atoms with Crippen molar-refractivity contribution >= 4 is 11.0 Å². The third kappa shape index (κ3) is 2.03. The third-order valence-corrected chi connectivity index (χ3v) is 2.39. The molecule has 2 aromatic rings. The highest BCUT2D eigenvalue weighted by Gasteiger charge is 2.29. The minimum atomic E-state index is -4.21. The number of nitrogens with zero attached hydrogens (tertiary/aromatic N) is 2. The molecule has 0 spiro atoms. The van der Waals surface area contributed by atoms with Crippen molar-refractivity contribution in [2.24, 2.45) is 0 Å². The molecule has 1 aromatic heterocycles. The summed E-state index contributed by atoms with van der Waals surface area (Å²) in [4.78, 5) is 4.18. The minimum absolute atomic E-state index is 0.471. The lowest BCUT2D eigenvalue weighted by Crippen LogP contribution is -2.19. The van der Waals surface area contributed by atoms with E-state index in [1.165, 1.54) is 4.57 Å². The Hall–Kier alpha value is -1.52. The van der Waals surface area contributed by atoms with Crippen molar-refractivity contribution in [3.8, 4) is 0 Å². The molecular formula is C11H11F3N2. The molecule has 2 nitrogen and oxygen atoms in total. The molecule has 0 radical (unpaired) electrons. The van der Waals surface area contributed by atoms with Gasteiger partial charge in [-0.3, -0.25) is 0 Å². The van der Waals surface area contributed by atoms with E-state index in [1.54, 1.807) is 31.2 Å². The second-order valence-corrected chi connectivity index (χ2v) is 3.57. The average Bonchev–Trinajstić information content (AvgIpc) is 2.55. The van der Waals surface area contributed by atoms with Crippen LogP contribution in [0.3, 0.4) is 0 Å². The Morgan fingerprint density at radius 2 is 1.94 bits per heavy atom. The number of halogens is 3. The van der Waals surface area contributed by atoms with Crippen LogP contribution in [0.25, 0.3) is 11.0 Å². The number of imidazole rings is 1. The van der Waals surface area contributed by atoms with Crippen molar-refractivity contribution in [2.45, 2.75) is 26.1 Å². The van der Waals surface area contributed by atoms with Gasteiger partial charge >= 0.3 is 6.18 Å². The maximum Gasteiger partial charge on any atom is 0.406 e. The summed E-state index contributed by atoms with van der Waals surface area (Å²) in [5, 5.41) is 0. The second-order valence-electron chi connectivity index (χ2n) is 3.57. The van der Waals surface area contributed by atoms with E-state index in [-0.39, 0.29) is 0 Å². The lowest BCUT2D eigenvalue weighted by Gasteiger charge is -2.10. The molecule has 0 aliphatic heterocycles. The molecule has 0 aliphatic carbocycles. The van der Waals surface area contributed by atoms with Gasteiger partial charge < -0.3 is 4.57 Å². The Morgan fingerprint density at radius 1 is 1.25 bits per heavy atom. The molecule has 0 saturated heterocycles. The van der Waals surface area contributed by atoms with E-state index in [2.05, 4.69) is 4.98 Å². The average molecular weight is 228 g/mol. The predicted octanol–water partition coefficient (Wildman–Crippen LogP) is 3.16. The summed E-state index contributed by atoms with van der Waals surface area (Å²) in [6.07, 6.45) is -3.72. The van der Waals surface area contributed by atoms with Gasteiger partial charge in [0, 0.05) is 6.42 Å². The molecule has 0 unspecified atom stereocenters. The van der Waals surface area contributed by atoms with E-state index in [0.29, 0.717) is 23.3 Å². The first-order chi connectivity index (χ1) is 7.51. The Balaban J connectivity index is 2.56. The molecule has 5 heteroatoms. The van der Waals surface area contributed by atoms with Gasteiger partial charge in [-0.2, -0.15) is 13.2 Å². The van der Waals surface area contributed by atoms with Crippen molar-refractivity contribution in [3.63, 3.8) is 0 Å². The molecule has 2 rings (SSSR count). The van der Waals surface area contributed by atoms with Crippen LogP contribution in [0, 0.1) is 0 Å². The highest BCUT2D eigenvalue weighted by Crippen LogP contribution is 2.23. The van der Waals surface area contributed by atoms with E-state index < -0.39 is 12.7 Å². The quantitative estimate of drug-likeness (QED) is 0.772. The van der Waals surface area contributed by atoms with E-state index in [9.17, 15) is 13.2 Å². The number of para-hydroxylation sites is 2. The number of benzene rings is 1. The Bertz CT molecular complexity index is 499. The van der Waals surface area contributed by atoms with Crippen molar-refractivity contribution < 1.29 is 13.2 Å². The molecule has 1 heterocycles. The molecule has 0 amide bonds. The Morgan fingerprint density at radius 3 is 2.56 bits per heavy atom. The molecule has 0 bridgehead atoms. The summed E-state index contributed by atoms with van der Waals surface area (Å²) < 4.78 is 38.5. The maximum absolute atomic E-state index is 12.4. The largest absolute Gasteiger partial charge is 0.406 e. The van der Waals surface area contributed by atoms with Crippen LogP contribution < -0.4 is 0 Å². The summed E-state index contributed by atoms with van der Waals surface area (Å²) in [7, 11) is 0. The Kier molecular flexibility index (Phi) is 2.61. The molecular weight excluding hydrogens is 217 g/mol. The van der Waals surface area contributed by atoms with Crippen LogP contribution in [-0.4, -0.2) is 15.7 Å². The molecule has 0 N–H and O–H groups in total. The zero-order valence-corrected chi connectivity index (χ0v) is 8.75. The molecule has 0 fully saturated rings. The number of hydrogen-bond donors (Lipinski definition) is 0. The SMILES string of the molecule is CCc1nc2ccccc2n1CC(F)(F)F. The number of aromatic nitrogens is 2. The zero-order chi connectivity index (χ0) is 11.8. The van der Waals surface area contributed by atoms with Gasteiger partial charge in [0.25, 0.3) is 0 Å². The van der Waals surface area contributed by atoms with Gasteiger partial charge in [0.2, 0.25) is 0 Å². The van der Waals surface area contributed by atoms with Crippen LogP contribution in [0.1, 0.15) is 12.7 Å². The molecule has 0 aliphatic rings. The van der Waals surface area contributed by atoms with Gasteiger partial charge in [-0.05, 0) is 12.1 Å². The normalized spacial score (nSPS) is 12.2. The number of alkyl halides is 3.